The summed E-state index contributed by atoms with van der Waals surface area (Å²) in [5.74, 6) is 0.597. The van der Waals surface area contributed by atoms with Crippen molar-refractivity contribution in [2.45, 2.75) is 65.5 Å². The molecule has 2 heterocycles. The number of carbonyl (C=O) groups is 2. The average molecular weight is 425 g/mol. The Morgan fingerprint density at radius 3 is 2.71 bits per heavy atom. The molecule has 0 bridgehead atoms. The zero-order valence-corrected chi connectivity index (χ0v) is 18.6. The predicted molar refractivity (Wildman–Crippen MR) is 118 cm³/mol. The third-order valence-corrected chi connectivity index (χ3v) is 6.55. The van der Waals surface area contributed by atoms with Crippen LogP contribution < -0.4 is 10.6 Å². The van der Waals surface area contributed by atoms with E-state index >= 15 is 0 Å². The van der Waals surface area contributed by atoms with Gasteiger partial charge in [0.15, 0.2) is 5.69 Å². The first-order chi connectivity index (χ1) is 15.0. The van der Waals surface area contributed by atoms with Crippen LogP contribution in [0.3, 0.4) is 0 Å². The molecule has 1 saturated carbocycles. The Morgan fingerprint density at radius 1 is 1.19 bits per heavy atom. The molecular formula is C23H32N6O2. The Balaban J connectivity index is 1.53. The van der Waals surface area contributed by atoms with Gasteiger partial charge in [0, 0.05) is 25.7 Å². The lowest BCUT2D eigenvalue weighted by atomic mass is 9.87. The monoisotopic (exact) mass is 424 g/mol. The maximum atomic E-state index is 12.9. The van der Waals surface area contributed by atoms with Crippen LogP contribution in [0.25, 0.3) is 5.69 Å². The van der Waals surface area contributed by atoms with E-state index in [0.29, 0.717) is 25.3 Å². The van der Waals surface area contributed by atoms with Gasteiger partial charge in [0.05, 0.1) is 11.4 Å². The Labute approximate surface area is 183 Å². The van der Waals surface area contributed by atoms with Crippen molar-refractivity contribution >= 4 is 11.9 Å². The molecule has 2 aromatic rings. The fraction of sp³-hybridized carbons (Fsp3) is 0.565. The Hall–Kier alpha value is -2.90. The number of nitrogens with one attached hydrogen (secondary N) is 2. The fourth-order valence-corrected chi connectivity index (χ4v) is 4.65. The highest BCUT2D eigenvalue weighted by Gasteiger charge is 2.26. The van der Waals surface area contributed by atoms with Crippen LogP contribution in [-0.2, 0) is 13.0 Å². The van der Waals surface area contributed by atoms with E-state index in [1.54, 1.807) is 4.68 Å². The molecule has 2 aliphatic rings. The van der Waals surface area contributed by atoms with Crippen LogP contribution in [0.1, 0.15) is 66.8 Å². The van der Waals surface area contributed by atoms with Crippen molar-refractivity contribution in [2.75, 3.05) is 13.1 Å². The molecule has 0 radical (unpaired) electrons. The summed E-state index contributed by atoms with van der Waals surface area (Å²) >= 11 is 0. The van der Waals surface area contributed by atoms with Crippen LogP contribution in [-0.4, -0.2) is 51.0 Å². The second-order valence-corrected chi connectivity index (χ2v) is 8.79. The van der Waals surface area contributed by atoms with Crippen LogP contribution in [0.4, 0.5) is 4.79 Å². The van der Waals surface area contributed by atoms with E-state index in [1.807, 2.05) is 36.9 Å². The molecule has 4 rings (SSSR count). The summed E-state index contributed by atoms with van der Waals surface area (Å²) in [4.78, 5) is 26.9. The molecule has 1 aliphatic heterocycles. The lowest BCUT2D eigenvalue weighted by molar-refractivity contribution is 0.0917. The molecule has 2 N–H and O–H groups in total. The summed E-state index contributed by atoms with van der Waals surface area (Å²) in [7, 11) is 0. The smallest absolute Gasteiger partial charge is 0.317 e. The van der Waals surface area contributed by atoms with E-state index in [0.717, 1.165) is 60.5 Å². The molecule has 0 unspecified atom stereocenters. The number of carbonyl (C=O) groups excluding carboxylic acids is 2. The quantitative estimate of drug-likeness (QED) is 0.789. The van der Waals surface area contributed by atoms with Gasteiger partial charge in [-0.15, -0.1) is 5.10 Å². The van der Waals surface area contributed by atoms with Gasteiger partial charge in [-0.1, -0.05) is 24.3 Å². The highest BCUT2D eigenvalue weighted by Crippen LogP contribution is 2.27. The van der Waals surface area contributed by atoms with E-state index in [4.69, 9.17) is 0 Å². The normalized spacial score (nSPS) is 20.8. The van der Waals surface area contributed by atoms with Crippen LogP contribution >= 0.6 is 0 Å². The number of fused-ring (bicyclic) bond motifs is 1. The second-order valence-electron chi connectivity index (χ2n) is 8.79. The van der Waals surface area contributed by atoms with Crippen LogP contribution in [0, 0.1) is 12.8 Å². The van der Waals surface area contributed by atoms with Crippen molar-refractivity contribution in [3.05, 3.63) is 40.7 Å². The van der Waals surface area contributed by atoms with Gasteiger partial charge in [-0.05, 0) is 69.1 Å². The topological polar surface area (TPSA) is 92.2 Å². The minimum absolute atomic E-state index is 0.0356. The molecule has 3 amide bonds. The molecule has 166 valence electrons. The molecular weight excluding hydrogens is 392 g/mol. The molecule has 1 aliphatic carbocycles. The summed E-state index contributed by atoms with van der Waals surface area (Å²) in [6.45, 7) is 7.91. The number of nitrogens with zero attached hydrogens (tertiary/aromatic N) is 4. The molecule has 8 nitrogen and oxygen atoms in total. The third-order valence-electron chi connectivity index (χ3n) is 6.55. The molecule has 1 aromatic heterocycles. The first-order valence-electron chi connectivity index (χ1n) is 11.3. The summed E-state index contributed by atoms with van der Waals surface area (Å²) in [5, 5.41) is 14.5. The first kappa shape index (κ1) is 21.3. The number of amides is 3. The summed E-state index contributed by atoms with van der Waals surface area (Å²) < 4.78 is 1.76. The molecule has 1 fully saturated rings. The largest absolute Gasteiger partial charge is 0.348 e. The van der Waals surface area contributed by atoms with Crippen molar-refractivity contribution in [3.63, 3.8) is 0 Å². The molecule has 0 saturated heterocycles. The minimum Gasteiger partial charge on any atom is -0.348 e. The number of aromatic nitrogens is 3. The fourth-order valence-electron chi connectivity index (χ4n) is 4.65. The Bertz CT molecular complexity index is 961. The van der Waals surface area contributed by atoms with E-state index in [9.17, 15) is 9.59 Å². The summed E-state index contributed by atoms with van der Waals surface area (Å²) in [5.41, 5.74) is 4.32. The molecule has 1 aromatic carbocycles. The van der Waals surface area contributed by atoms with E-state index in [1.165, 1.54) is 0 Å². The lowest BCUT2D eigenvalue weighted by Crippen LogP contribution is -2.42. The number of rotatable bonds is 4. The van der Waals surface area contributed by atoms with Crippen LogP contribution in [0.15, 0.2) is 18.2 Å². The van der Waals surface area contributed by atoms with E-state index < -0.39 is 0 Å². The van der Waals surface area contributed by atoms with Gasteiger partial charge in [0.1, 0.15) is 0 Å². The lowest BCUT2D eigenvalue weighted by Gasteiger charge is -2.30. The van der Waals surface area contributed by atoms with Crippen LogP contribution in [0.5, 0.6) is 0 Å². The van der Waals surface area contributed by atoms with Gasteiger partial charge in [-0.25, -0.2) is 9.48 Å². The van der Waals surface area contributed by atoms with E-state index in [2.05, 4.69) is 27.9 Å². The van der Waals surface area contributed by atoms with Gasteiger partial charge >= 0.3 is 6.03 Å². The standard InChI is InChI=1S/C23H32N6O2/c1-4-24-23(31)28-13-12-19-17(14-28)6-5-7-20(19)29-16(3)21(26-27-29)22(30)25-18-10-8-15(2)9-11-18/h5-7,15,18H,4,8-14H2,1-3H3,(H,24,31)(H,25,30). The molecule has 0 atom stereocenters. The predicted octanol–water partition coefficient (Wildman–Crippen LogP) is 2.97. The number of benzene rings is 1. The minimum atomic E-state index is -0.143. The molecule has 0 spiro atoms. The van der Waals surface area contributed by atoms with Gasteiger partial charge < -0.3 is 15.5 Å². The Morgan fingerprint density at radius 2 is 1.97 bits per heavy atom. The summed E-state index contributed by atoms with van der Waals surface area (Å²) in [6.07, 6.45) is 5.09. The summed E-state index contributed by atoms with van der Waals surface area (Å²) in [6, 6.07) is 6.21. The maximum Gasteiger partial charge on any atom is 0.317 e. The van der Waals surface area contributed by atoms with Crippen molar-refractivity contribution in [1.82, 2.24) is 30.5 Å². The van der Waals surface area contributed by atoms with Crippen LogP contribution in [0.2, 0.25) is 0 Å². The zero-order valence-electron chi connectivity index (χ0n) is 18.6. The SMILES string of the molecule is CCNC(=O)N1CCc2c(cccc2-n2nnc(C(=O)NC3CCC(C)CC3)c2C)C1. The third kappa shape index (κ3) is 4.43. The van der Waals surface area contributed by atoms with Gasteiger partial charge in [0.25, 0.3) is 5.91 Å². The van der Waals surface area contributed by atoms with Gasteiger partial charge in [-0.3, -0.25) is 4.79 Å². The van der Waals surface area contributed by atoms with Crippen molar-refractivity contribution < 1.29 is 9.59 Å². The molecule has 31 heavy (non-hydrogen) atoms. The number of urea groups is 1. The van der Waals surface area contributed by atoms with Crippen molar-refractivity contribution in [1.29, 1.82) is 0 Å². The van der Waals surface area contributed by atoms with Crippen molar-refractivity contribution in [3.8, 4) is 5.69 Å². The zero-order chi connectivity index (χ0) is 22.0. The van der Waals surface area contributed by atoms with E-state index in [-0.39, 0.29) is 18.0 Å². The highest BCUT2D eigenvalue weighted by molar-refractivity contribution is 5.93. The van der Waals surface area contributed by atoms with Crippen molar-refractivity contribution in [2.24, 2.45) is 5.92 Å². The Kier molecular flexibility index (Phi) is 6.25. The second kappa shape index (κ2) is 9.08. The average Bonchev–Trinajstić information content (AvgIpc) is 3.16. The number of hydrogen-bond acceptors (Lipinski definition) is 4. The van der Waals surface area contributed by atoms with Gasteiger partial charge in [0.2, 0.25) is 0 Å². The highest BCUT2D eigenvalue weighted by atomic mass is 16.2. The van der Waals surface area contributed by atoms with Gasteiger partial charge in [-0.2, -0.15) is 0 Å². The molecule has 8 heteroatoms. The maximum absolute atomic E-state index is 12.9. The number of hydrogen-bond donors (Lipinski definition) is 2. The first-order valence-corrected chi connectivity index (χ1v) is 11.3.